The van der Waals surface area contributed by atoms with Crippen molar-refractivity contribution in [3.05, 3.63) is 28.8 Å². The second-order valence-corrected chi connectivity index (χ2v) is 4.97. The number of hydrogen-bond donors (Lipinski definition) is 2. The lowest BCUT2D eigenvalue weighted by molar-refractivity contribution is 0.140. The van der Waals surface area contributed by atoms with E-state index in [1.165, 1.54) is 0 Å². The molecular formula is C16H27NO3. The molecule has 0 bridgehead atoms. The third-order valence-corrected chi connectivity index (χ3v) is 3.19. The van der Waals surface area contributed by atoms with E-state index < -0.39 is 6.10 Å². The Morgan fingerprint density at radius 3 is 2.70 bits per heavy atom. The maximum atomic E-state index is 10.3. The van der Waals surface area contributed by atoms with Crippen LogP contribution in [0.3, 0.4) is 0 Å². The van der Waals surface area contributed by atoms with Gasteiger partial charge in [0.15, 0.2) is 0 Å². The van der Waals surface area contributed by atoms with Crippen molar-refractivity contribution < 1.29 is 14.6 Å². The highest BCUT2D eigenvalue weighted by Crippen LogP contribution is 2.29. The van der Waals surface area contributed by atoms with Crippen LogP contribution >= 0.6 is 0 Å². The lowest BCUT2D eigenvalue weighted by atomic mass is 10.0. The minimum Gasteiger partial charge on any atom is -0.496 e. The zero-order chi connectivity index (χ0) is 15.0. The molecule has 1 unspecified atom stereocenters. The third kappa shape index (κ3) is 5.12. The van der Waals surface area contributed by atoms with Crippen LogP contribution in [0.25, 0.3) is 0 Å². The SMILES string of the molecule is CCOCCCNCC(O)c1cc(C)cc(C)c1OC. The summed E-state index contributed by atoms with van der Waals surface area (Å²) < 4.78 is 10.7. The van der Waals surface area contributed by atoms with Crippen molar-refractivity contribution in [2.75, 3.05) is 33.4 Å². The normalized spacial score (nSPS) is 12.4. The van der Waals surface area contributed by atoms with E-state index in [-0.39, 0.29) is 0 Å². The number of aryl methyl sites for hydroxylation is 2. The zero-order valence-corrected chi connectivity index (χ0v) is 13.0. The quantitative estimate of drug-likeness (QED) is 0.682. The van der Waals surface area contributed by atoms with E-state index in [9.17, 15) is 5.11 Å². The summed E-state index contributed by atoms with van der Waals surface area (Å²) in [6.45, 7) is 8.88. The van der Waals surface area contributed by atoms with Gasteiger partial charge in [-0.05, 0) is 45.4 Å². The summed E-state index contributed by atoms with van der Waals surface area (Å²) in [7, 11) is 1.64. The first-order valence-electron chi connectivity index (χ1n) is 7.21. The van der Waals surface area contributed by atoms with Gasteiger partial charge in [-0.1, -0.05) is 11.6 Å². The molecule has 4 heteroatoms. The van der Waals surface area contributed by atoms with Crippen LogP contribution in [0.4, 0.5) is 0 Å². The molecule has 0 spiro atoms. The summed E-state index contributed by atoms with van der Waals surface area (Å²) in [4.78, 5) is 0. The molecule has 0 saturated carbocycles. The Morgan fingerprint density at radius 2 is 2.05 bits per heavy atom. The van der Waals surface area contributed by atoms with Crippen LogP contribution < -0.4 is 10.1 Å². The fraction of sp³-hybridized carbons (Fsp3) is 0.625. The lowest BCUT2D eigenvalue weighted by Crippen LogP contribution is -2.24. The van der Waals surface area contributed by atoms with Crippen LogP contribution in [0.5, 0.6) is 5.75 Å². The van der Waals surface area contributed by atoms with Crippen molar-refractivity contribution in [3.8, 4) is 5.75 Å². The molecule has 0 aliphatic carbocycles. The summed E-state index contributed by atoms with van der Waals surface area (Å²) in [5.74, 6) is 0.777. The fourth-order valence-corrected chi connectivity index (χ4v) is 2.31. The first-order chi connectivity index (χ1) is 9.60. The molecule has 1 rings (SSSR count). The predicted octanol–water partition coefficient (Wildman–Crippen LogP) is 2.36. The molecule has 0 amide bonds. The number of nitrogens with one attached hydrogen (secondary N) is 1. The van der Waals surface area contributed by atoms with E-state index in [4.69, 9.17) is 9.47 Å². The van der Waals surface area contributed by atoms with Crippen molar-refractivity contribution in [2.24, 2.45) is 0 Å². The predicted molar refractivity (Wildman–Crippen MR) is 81.4 cm³/mol. The van der Waals surface area contributed by atoms with E-state index in [2.05, 4.69) is 11.4 Å². The van der Waals surface area contributed by atoms with E-state index >= 15 is 0 Å². The first kappa shape index (κ1) is 17.0. The van der Waals surface area contributed by atoms with Gasteiger partial charge in [-0.15, -0.1) is 0 Å². The van der Waals surface area contributed by atoms with E-state index in [0.29, 0.717) is 6.54 Å². The third-order valence-electron chi connectivity index (χ3n) is 3.19. The van der Waals surface area contributed by atoms with Gasteiger partial charge in [0.1, 0.15) is 5.75 Å². The van der Waals surface area contributed by atoms with Gasteiger partial charge in [0.05, 0.1) is 13.2 Å². The molecule has 0 fully saturated rings. The first-order valence-corrected chi connectivity index (χ1v) is 7.21. The smallest absolute Gasteiger partial charge is 0.127 e. The minimum absolute atomic E-state index is 0.519. The molecule has 1 aromatic rings. The molecule has 0 aromatic heterocycles. The van der Waals surface area contributed by atoms with Gasteiger partial charge in [0.25, 0.3) is 0 Å². The number of hydrogen-bond acceptors (Lipinski definition) is 4. The largest absolute Gasteiger partial charge is 0.496 e. The molecule has 20 heavy (non-hydrogen) atoms. The summed E-state index contributed by atoms with van der Waals surface area (Å²) in [6, 6.07) is 4.04. The van der Waals surface area contributed by atoms with Crippen LogP contribution in [0.2, 0.25) is 0 Å². The second-order valence-electron chi connectivity index (χ2n) is 4.97. The molecule has 0 heterocycles. The average molecular weight is 281 g/mol. The maximum Gasteiger partial charge on any atom is 0.127 e. The second kappa shape index (κ2) is 8.95. The van der Waals surface area contributed by atoms with Crippen LogP contribution in [-0.4, -0.2) is 38.5 Å². The highest BCUT2D eigenvalue weighted by molar-refractivity contribution is 5.45. The van der Waals surface area contributed by atoms with Crippen molar-refractivity contribution in [1.29, 1.82) is 0 Å². The van der Waals surface area contributed by atoms with Crippen molar-refractivity contribution in [2.45, 2.75) is 33.3 Å². The van der Waals surface area contributed by atoms with Crippen LogP contribution in [0, 0.1) is 13.8 Å². The van der Waals surface area contributed by atoms with Gasteiger partial charge in [-0.3, -0.25) is 0 Å². The van der Waals surface area contributed by atoms with Gasteiger partial charge in [0.2, 0.25) is 0 Å². The van der Waals surface area contributed by atoms with Crippen LogP contribution in [0.15, 0.2) is 12.1 Å². The molecule has 1 aromatic carbocycles. The average Bonchev–Trinajstić information content (AvgIpc) is 2.41. The fourth-order valence-electron chi connectivity index (χ4n) is 2.31. The maximum absolute atomic E-state index is 10.3. The Hall–Kier alpha value is -1.10. The summed E-state index contributed by atoms with van der Waals surface area (Å²) in [6.07, 6.45) is 0.389. The molecule has 1 atom stereocenters. The Kier molecular flexibility index (Phi) is 7.59. The summed E-state index contributed by atoms with van der Waals surface area (Å²) in [5, 5.41) is 13.6. The number of rotatable bonds is 9. The summed E-state index contributed by atoms with van der Waals surface area (Å²) in [5.41, 5.74) is 3.04. The number of methoxy groups -OCH3 is 1. The van der Waals surface area contributed by atoms with Crippen molar-refractivity contribution in [3.63, 3.8) is 0 Å². The van der Waals surface area contributed by atoms with Gasteiger partial charge in [-0.2, -0.15) is 0 Å². The lowest BCUT2D eigenvalue weighted by Gasteiger charge is -2.18. The van der Waals surface area contributed by atoms with E-state index in [1.807, 2.05) is 26.8 Å². The Labute approximate surface area is 122 Å². The Balaban J connectivity index is 2.52. The van der Waals surface area contributed by atoms with E-state index in [1.54, 1.807) is 7.11 Å². The van der Waals surface area contributed by atoms with Gasteiger partial charge in [0, 0.05) is 25.3 Å². The highest BCUT2D eigenvalue weighted by atomic mass is 16.5. The van der Waals surface area contributed by atoms with Gasteiger partial charge in [-0.25, -0.2) is 0 Å². The zero-order valence-electron chi connectivity index (χ0n) is 13.0. The molecule has 0 aliphatic rings. The highest BCUT2D eigenvalue weighted by Gasteiger charge is 2.15. The van der Waals surface area contributed by atoms with Crippen LogP contribution in [-0.2, 0) is 4.74 Å². The molecule has 4 nitrogen and oxygen atoms in total. The number of benzene rings is 1. The van der Waals surface area contributed by atoms with E-state index in [0.717, 1.165) is 48.6 Å². The minimum atomic E-state index is -0.560. The molecule has 0 saturated heterocycles. The standard InChI is InChI=1S/C16H27NO3/c1-5-20-8-6-7-17-11-15(18)14-10-12(2)9-13(3)16(14)19-4/h9-10,15,17-18H,5-8,11H2,1-4H3. The molecule has 114 valence electrons. The molecule has 2 N–H and O–H groups in total. The topological polar surface area (TPSA) is 50.7 Å². The van der Waals surface area contributed by atoms with Crippen LogP contribution in [0.1, 0.15) is 36.1 Å². The molecule has 0 aliphatic heterocycles. The van der Waals surface area contributed by atoms with Crippen molar-refractivity contribution >= 4 is 0 Å². The molecule has 0 radical (unpaired) electrons. The van der Waals surface area contributed by atoms with Gasteiger partial charge < -0.3 is 19.9 Å². The number of aliphatic hydroxyl groups excluding tert-OH is 1. The van der Waals surface area contributed by atoms with Crippen molar-refractivity contribution in [1.82, 2.24) is 5.32 Å². The summed E-state index contributed by atoms with van der Waals surface area (Å²) >= 11 is 0. The number of ether oxygens (including phenoxy) is 2. The molecular weight excluding hydrogens is 254 g/mol. The van der Waals surface area contributed by atoms with Gasteiger partial charge >= 0.3 is 0 Å². The monoisotopic (exact) mass is 281 g/mol. The Morgan fingerprint density at radius 1 is 1.30 bits per heavy atom. The Bertz CT molecular complexity index is 407. The number of aliphatic hydroxyl groups is 1.